The van der Waals surface area contributed by atoms with E-state index >= 15 is 0 Å². The van der Waals surface area contributed by atoms with Crippen LogP contribution in [0.1, 0.15) is 53.9 Å². The maximum absolute atomic E-state index is 12.7. The molecule has 9 heteroatoms. The summed E-state index contributed by atoms with van der Waals surface area (Å²) in [7, 11) is 0. The standard InChI is InChI=1S/C18H35N5O4/c1-6-11(4)15(18(27)22-14(10(2)3)16(20)25)23-17(26)13(8-7-9-19)21-12(5)24/h10-11,13-15H,6-9,19H2,1-5H3,(H2,20,25)(H,21,24)(H,22,27)(H,23,26). The first kappa shape index (κ1) is 24.8. The van der Waals surface area contributed by atoms with Crippen LogP contribution in [0.3, 0.4) is 0 Å². The lowest BCUT2D eigenvalue weighted by Crippen LogP contribution is -2.59. The van der Waals surface area contributed by atoms with Crippen LogP contribution in [-0.2, 0) is 19.2 Å². The molecule has 7 N–H and O–H groups in total. The summed E-state index contributed by atoms with van der Waals surface area (Å²) in [6, 6.07) is -2.45. The fourth-order valence-electron chi connectivity index (χ4n) is 2.60. The molecule has 0 radical (unpaired) electrons. The van der Waals surface area contributed by atoms with Crippen LogP contribution in [0.4, 0.5) is 0 Å². The van der Waals surface area contributed by atoms with Gasteiger partial charge in [0, 0.05) is 6.92 Å². The molecular formula is C18H35N5O4. The Morgan fingerprint density at radius 1 is 0.926 bits per heavy atom. The molecule has 0 aromatic heterocycles. The van der Waals surface area contributed by atoms with E-state index in [1.54, 1.807) is 13.8 Å². The molecule has 0 aliphatic heterocycles. The Morgan fingerprint density at radius 2 is 1.48 bits per heavy atom. The fourth-order valence-corrected chi connectivity index (χ4v) is 2.60. The zero-order valence-electron chi connectivity index (χ0n) is 17.0. The van der Waals surface area contributed by atoms with Crippen LogP contribution in [0, 0.1) is 11.8 Å². The van der Waals surface area contributed by atoms with E-state index in [0.29, 0.717) is 25.8 Å². The molecule has 4 amide bonds. The topological polar surface area (TPSA) is 156 Å². The molecule has 0 bridgehead atoms. The Kier molecular flexibility index (Phi) is 11.3. The summed E-state index contributed by atoms with van der Waals surface area (Å²) in [5, 5.41) is 7.91. The summed E-state index contributed by atoms with van der Waals surface area (Å²) in [5.41, 5.74) is 10.8. The molecule has 0 heterocycles. The highest BCUT2D eigenvalue weighted by atomic mass is 16.2. The zero-order valence-corrected chi connectivity index (χ0v) is 17.0. The van der Waals surface area contributed by atoms with Crippen molar-refractivity contribution < 1.29 is 19.2 Å². The maximum atomic E-state index is 12.7. The fraction of sp³-hybridized carbons (Fsp3) is 0.778. The molecule has 0 saturated carbocycles. The maximum Gasteiger partial charge on any atom is 0.243 e. The smallest absolute Gasteiger partial charge is 0.243 e. The molecule has 0 aromatic rings. The van der Waals surface area contributed by atoms with Crippen LogP contribution in [-0.4, -0.2) is 48.3 Å². The summed E-state index contributed by atoms with van der Waals surface area (Å²) in [5.74, 6) is -2.27. The third kappa shape index (κ3) is 8.85. The van der Waals surface area contributed by atoms with Crippen LogP contribution in [0.25, 0.3) is 0 Å². The molecular weight excluding hydrogens is 350 g/mol. The number of nitrogens with one attached hydrogen (secondary N) is 3. The van der Waals surface area contributed by atoms with E-state index in [-0.39, 0.29) is 17.7 Å². The molecule has 156 valence electrons. The van der Waals surface area contributed by atoms with Gasteiger partial charge in [-0.1, -0.05) is 34.1 Å². The first-order valence-corrected chi connectivity index (χ1v) is 9.42. The highest BCUT2D eigenvalue weighted by molar-refractivity contribution is 5.94. The quantitative estimate of drug-likeness (QED) is 0.303. The third-order valence-corrected chi connectivity index (χ3v) is 4.46. The minimum atomic E-state index is -0.850. The van der Waals surface area contributed by atoms with Gasteiger partial charge >= 0.3 is 0 Å². The predicted octanol–water partition coefficient (Wildman–Crippen LogP) is -0.613. The first-order chi connectivity index (χ1) is 12.5. The minimum Gasteiger partial charge on any atom is -0.368 e. The van der Waals surface area contributed by atoms with Gasteiger partial charge in [-0.25, -0.2) is 0 Å². The Bertz CT molecular complexity index is 524. The molecule has 0 aromatic carbocycles. The third-order valence-electron chi connectivity index (χ3n) is 4.46. The van der Waals surface area contributed by atoms with Crippen molar-refractivity contribution in [3.63, 3.8) is 0 Å². The van der Waals surface area contributed by atoms with Gasteiger partial charge in [-0.05, 0) is 31.2 Å². The molecule has 0 aliphatic carbocycles. The normalized spacial score (nSPS) is 15.4. The second-order valence-corrected chi connectivity index (χ2v) is 7.19. The molecule has 9 nitrogen and oxygen atoms in total. The molecule has 4 atom stereocenters. The van der Waals surface area contributed by atoms with Crippen molar-refractivity contribution in [2.45, 2.75) is 72.0 Å². The van der Waals surface area contributed by atoms with Gasteiger partial charge in [-0.15, -0.1) is 0 Å². The summed E-state index contributed by atoms with van der Waals surface area (Å²) in [4.78, 5) is 48.3. The van der Waals surface area contributed by atoms with Gasteiger partial charge in [-0.3, -0.25) is 19.2 Å². The van der Waals surface area contributed by atoms with Crippen LogP contribution < -0.4 is 27.4 Å². The van der Waals surface area contributed by atoms with Gasteiger partial charge in [0.15, 0.2) is 0 Å². The van der Waals surface area contributed by atoms with E-state index in [1.165, 1.54) is 6.92 Å². The molecule has 0 saturated heterocycles. The number of carbonyl (C=O) groups excluding carboxylic acids is 4. The van der Waals surface area contributed by atoms with Crippen molar-refractivity contribution >= 4 is 23.6 Å². The average Bonchev–Trinajstić information content (AvgIpc) is 2.58. The highest BCUT2D eigenvalue weighted by Gasteiger charge is 2.32. The van der Waals surface area contributed by atoms with Gasteiger partial charge < -0.3 is 27.4 Å². The van der Waals surface area contributed by atoms with Gasteiger partial charge in [0.2, 0.25) is 23.6 Å². The van der Waals surface area contributed by atoms with Crippen molar-refractivity contribution in [3.8, 4) is 0 Å². The number of carbonyl (C=O) groups is 4. The molecule has 0 fully saturated rings. The Labute approximate surface area is 161 Å². The lowest BCUT2D eigenvalue weighted by atomic mass is 9.96. The number of rotatable bonds is 12. The number of nitrogens with two attached hydrogens (primary N) is 2. The summed E-state index contributed by atoms with van der Waals surface area (Å²) in [6.07, 6.45) is 1.55. The van der Waals surface area contributed by atoms with Crippen molar-refractivity contribution in [1.29, 1.82) is 0 Å². The molecule has 0 aliphatic rings. The van der Waals surface area contributed by atoms with E-state index in [4.69, 9.17) is 11.5 Å². The van der Waals surface area contributed by atoms with E-state index in [9.17, 15) is 19.2 Å². The molecule has 0 spiro atoms. The van der Waals surface area contributed by atoms with Crippen molar-refractivity contribution in [2.24, 2.45) is 23.3 Å². The SMILES string of the molecule is CCC(C)C(NC(=O)C(CCCN)NC(C)=O)C(=O)NC(C(N)=O)C(C)C. The van der Waals surface area contributed by atoms with Gasteiger partial charge in [0.25, 0.3) is 0 Å². The molecule has 4 unspecified atom stereocenters. The van der Waals surface area contributed by atoms with E-state index in [2.05, 4.69) is 16.0 Å². The summed E-state index contributed by atoms with van der Waals surface area (Å²) >= 11 is 0. The number of amides is 4. The Hall–Kier alpha value is -2.16. The van der Waals surface area contributed by atoms with Crippen LogP contribution >= 0.6 is 0 Å². The van der Waals surface area contributed by atoms with Crippen LogP contribution in [0.2, 0.25) is 0 Å². The van der Waals surface area contributed by atoms with E-state index in [1.807, 2.05) is 13.8 Å². The molecule has 27 heavy (non-hydrogen) atoms. The van der Waals surface area contributed by atoms with Gasteiger partial charge in [0.05, 0.1) is 0 Å². The second kappa shape index (κ2) is 12.3. The monoisotopic (exact) mass is 385 g/mol. The van der Waals surface area contributed by atoms with Gasteiger partial charge in [-0.2, -0.15) is 0 Å². The van der Waals surface area contributed by atoms with Gasteiger partial charge in [0.1, 0.15) is 18.1 Å². The highest BCUT2D eigenvalue weighted by Crippen LogP contribution is 2.11. The number of primary amides is 1. The molecule has 0 rings (SSSR count). The largest absolute Gasteiger partial charge is 0.368 e. The van der Waals surface area contributed by atoms with E-state index in [0.717, 1.165) is 0 Å². The Balaban J connectivity index is 5.32. The average molecular weight is 386 g/mol. The number of hydrogen-bond donors (Lipinski definition) is 5. The summed E-state index contributed by atoms with van der Waals surface area (Å²) < 4.78 is 0. The van der Waals surface area contributed by atoms with Crippen LogP contribution in [0.15, 0.2) is 0 Å². The van der Waals surface area contributed by atoms with E-state index < -0.39 is 35.8 Å². The minimum absolute atomic E-state index is 0.179. The predicted molar refractivity (Wildman–Crippen MR) is 103 cm³/mol. The van der Waals surface area contributed by atoms with Crippen LogP contribution in [0.5, 0.6) is 0 Å². The Morgan fingerprint density at radius 3 is 1.89 bits per heavy atom. The van der Waals surface area contributed by atoms with Crippen molar-refractivity contribution in [1.82, 2.24) is 16.0 Å². The zero-order chi connectivity index (χ0) is 21.1. The lowest BCUT2D eigenvalue weighted by molar-refractivity contribution is -0.134. The van der Waals surface area contributed by atoms with Crippen molar-refractivity contribution in [3.05, 3.63) is 0 Å². The lowest BCUT2D eigenvalue weighted by Gasteiger charge is -2.28. The summed E-state index contributed by atoms with van der Waals surface area (Å²) in [6.45, 7) is 8.96. The first-order valence-electron chi connectivity index (χ1n) is 9.42. The second-order valence-electron chi connectivity index (χ2n) is 7.19. The van der Waals surface area contributed by atoms with Crippen molar-refractivity contribution in [2.75, 3.05) is 6.54 Å². The number of hydrogen-bond acceptors (Lipinski definition) is 5.